The van der Waals surface area contributed by atoms with E-state index in [1.165, 1.54) is 12.1 Å². The van der Waals surface area contributed by atoms with Gasteiger partial charge in [0.05, 0.1) is 12.2 Å². The third-order valence-electron chi connectivity index (χ3n) is 2.28. The molecule has 1 unspecified atom stereocenters. The molecule has 0 saturated heterocycles. The zero-order chi connectivity index (χ0) is 13.7. The third kappa shape index (κ3) is 4.15. The maximum absolute atomic E-state index is 14.0. The van der Waals surface area contributed by atoms with Crippen LogP contribution in [0.25, 0.3) is 0 Å². The lowest BCUT2D eigenvalue weighted by atomic mass is 10.0. The van der Waals surface area contributed by atoms with Crippen molar-refractivity contribution in [3.05, 3.63) is 47.0 Å². The summed E-state index contributed by atoms with van der Waals surface area (Å²) in [5.41, 5.74) is 0.142. The van der Waals surface area contributed by atoms with E-state index in [-0.39, 0.29) is 18.1 Å². The average Bonchev–Trinajstić information content (AvgIpc) is 2.35. The fourth-order valence-electron chi connectivity index (χ4n) is 1.27. The van der Waals surface area contributed by atoms with Crippen LogP contribution in [0, 0.1) is 5.92 Å². The number of benzene rings is 1. The largest absolute Gasteiger partial charge is 0.462 e. The predicted molar refractivity (Wildman–Crippen MR) is 70.2 cm³/mol. The Balaban J connectivity index is 2.66. The van der Waals surface area contributed by atoms with Gasteiger partial charge in [0.1, 0.15) is 0 Å². The summed E-state index contributed by atoms with van der Waals surface area (Å²) < 4.78 is 18.9. The van der Waals surface area contributed by atoms with Gasteiger partial charge in [-0.3, -0.25) is 0 Å². The van der Waals surface area contributed by atoms with Gasteiger partial charge in [0, 0.05) is 5.02 Å². The Morgan fingerprint density at radius 2 is 1.94 bits per heavy atom. The molecule has 1 aromatic rings. The molecule has 0 aliphatic carbocycles. The number of hydrogen-bond donors (Lipinski definition) is 0. The molecule has 0 bridgehead atoms. The molecule has 0 saturated carbocycles. The number of carbonyl (C=O) groups is 1. The van der Waals surface area contributed by atoms with Crippen molar-refractivity contribution >= 4 is 17.6 Å². The van der Waals surface area contributed by atoms with Gasteiger partial charge in [0.15, 0.2) is 6.17 Å². The molecule has 2 nitrogen and oxygen atoms in total. The average molecular weight is 271 g/mol. The van der Waals surface area contributed by atoms with E-state index < -0.39 is 12.1 Å². The molecule has 1 aromatic carbocycles. The maximum atomic E-state index is 14.0. The first-order valence-electron chi connectivity index (χ1n) is 5.67. The van der Waals surface area contributed by atoms with Crippen LogP contribution in [-0.4, -0.2) is 12.6 Å². The monoisotopic (exact) mass is 270 g/mol. The summed E-state index contributed by atoms with van der Waals surface area (Å²) in [6.07, 6.45) is -1.57. The second-order valence-electron chi connectivity index (χ2n) is 4.43. The Morgan fingerprint density at radius 1 is 1.39 bits per heavy atom. The lowest BCUT2D eigenvalue weighted by Crippen LogP contribution is -2.14. The Bertz CT molecular complexity index is 426. The van der Waals surface area contributed by atoms with Crippen molar-refractivity contribution in [2.75, 3.05) is 6.61 Å². The van der Waals surface area contributed by atoms with Crippen LogP contribution in [0.2, 0.25) is 5.02 Å². The first-order valence-corrected chi connectivity index (χ1v) is 6.05. The standard InChI is InChI=1S/C14H16ClFO2/c1-9(2)8-18-14(17)10(3)13(16)11-4-6-12(15)7-5-11/h4-7,9,13H,3,8H2,1-2H3. The van der Waals surface area contributed by atoms with E-state index in [1.54, 1.807) is 12.1 Å². The van der Waals surface area contributed by atoms with Gasteiger partial charge in [-0.2, -0.15) is 0 Å². The van der Waals surface area contributed by atoms with Crippen molar-refractivity contribution in [1.82, 2.24) is 0 Å². The first-order chi connectivity index (χ1) is 8.41. The minimum absolute atomic E-state index is 0.196. The van der Waals surface area contributed by atoms with Crippen LogP contribution < -0.4 is 0 Å². The van der Waals surface area contributed by atoms with Crippen molar-refractivity contribution in [1.29, 1.82) is 0 Å². The molecule has 4 heteroatoms. The van der Waals surface area contributed by atoms with Gasteiger partial charge in [-0.05, 0) is 23.6 Å². The zero-order valence-corrected chi connectivity index (χ0v) is 11.2. The Kier molecular flexibility index (Phi) is 5.35. The first kappa shape index (κ1) is 14.7. The van der Waals surface area contributed by atoms with E-state index in [9.17, 15) is 9.18 Å². The minimum atomic E-state index is -1.57. The number of alkyl halides is 1. The number of esters is 1. The molecular formula is C14H16ClFO2. The highest BCUT2D eigenvalue weighted by molar-refractivity contribution is 6.30. The quantitative estimate of drug-likeness (QED) is 0.595. The predicted octanol–water partition coefficient (Wildman–Crippen LogP) is 4.11. The molecule has 1 atom stereocenters. The number of halogens is 2. The molecule has 0 aliphatic heterocycles. The Labute approximate surface area is 111 Å². The molecule has 0 radical (unpaired) electrons. The van der Waals surface area contributed by atoms with Crippen LogP contribution in [0.4, 0.5) is 4.39 Å². The summed E-state index contributed by atoms with van der Waals surface area (Å²) in [4.78, 5) is 11.5. The van der Waals surface area contributed by atoms with E-state index in [1.807, 2.05) is 13.8 Å². The van der Waals surface area contributed by atoms with Gasteiger partial charge in [-0.25, -0.2) is 9.18 Å². The van der Waals surface area contributed by atoms with Gasteiger partial charge < -0.3 is 4.74 Å². The molecule has 98 valence electrons. The molecule has 0 heterocycles. The van der Waals surface area contributed by atoms with Crippen LogP contribution in [0.5, 0.6) is 0 Å². The van der Waals surface area contributed by atoms with E-state index in [0.29, 0.717) is 10.6 Å². The topological polar surface area (TPSA) is 26.3 Å². The molecule has 0 amide bonds. The van der Waals surface area contributed by atoms with Crippen molar-refractivity contribution in [3.63, 3.8) is 0 Å². The fourth-order valence-corrected chi connectivity index (χ4v) is 1.40. The maximum Gasteiger partial charge on any atom is 0.336 e. The van der Waals surface area contributed by atoms with Gasteiger partial charge in [-0.1, -0.05) is 44.2 Å². The lowest BCUT2D eigenvalue weighted by molar-refractivity contribution is -0.140. The molecule has 0 aromatic heterocycles. The van der Waals surface area contributed by atoms with Crippen molar-refractivity contribution in [3.8, 4) is 0 Å². The number of carbonyl (C=O) groups excluding carboxylic acids is 1. The van der Waals surface area contributed by atoms with Crippen molar-refractivity contribution in [2.24, 2.45) is 5.92 Å². The highest BCUT2D eigenvalue weighted by Crippen LogP contribution is 2.26. The summed E-state index contributed by atoms with van der Waals surface area (Å²) >= 11 is 5.71. The second kappa shape index (κ2) is 6.55. The van der Waals surface area contributed by atoms with E-state index >= 15 is 0 Å². The lowest BCUT2D eigenvalue weighted by Gasteiger charge is -2.12. The van der Waals surface area contributed by atoms with Gasteiger partial charge in [0.25, 0.3) is 0 Å². The molecule has 0 aliphatic rings. The number of rotatable bonds is 5. The highest BCUT2D eigenvalue weighted by atomic mass is 35.5. The van der Waals surface area contributed by atoms with Crippen LogP contribution in [-0.2, 0) is 9.53 Å². The smallest absolute Gasteiger partial charge is 0.336 e. The normalized spacial score (nSPS) is 12.3. The zero-order valence-electron chi connectivity index (χ0n) is 10.5. The number of hydrogen-bond acceptors (Lipinski definition) is 2. The molecule has 18 heavy (non-hydrogen) atoms. The van der Waals surface area contributed by atoms with Crippen LogP contribution in [0.15, 0.2) is 36.4 Å². The van der Waals surface area contributed by atoms with E-state index in [4.69, 9.17) is 16.3 Å². The molecule has 0 N–H and O–H groups in total. The SMILES string of the molecule is C=C(C(=O)OCC(C)C)C(F)c1ccc(Cl)cc1. The molecule has 0 fully saturated rings. The Morgan fingerprint density at radius 3 is 2.44 bits per heavy atom. The fraction of sp³-hybridized carbons (Fsp3) is 0.357. The van der Waals surface area contributed by atoms with Crippen LogP contribution in [0.3, 0.4) is 0 Å². The van der Waals surface area contributed by atoms with E-state index in [2.05, 4.69) is 6.58 Å². The summed E-state index contributed by atoms with van der Waals surface area (Å²) in [5, 5.41) is 0.513. The van der Waals surface area contributed by atoms with Gasteiger partial charge in [0.2, 0.25) is 0 Å². The second-order valence-corrected chi connectivity index (χ2v) is 4.87. The van der Waals surface area contributed by atoms with E-state index in [0.717, 1.165) is 0 Å². The molecular weight excluding hydrogens is 255 g/mol. The van der Waals surface area contributed by atoms with Gasteiger partial charge >= 0.3 is 5.97 Å². The van der Waals surface area contributed by atoms with Crippen molar-refractivity contribution in [2.45, 2.75) is 20.0 Å². The van der Waals surface area contributed by atoms with Crippen molar-refractivity contribution < 1.29 is 13.9 Å². The molecule has 0 spiro atoms. The minimum Gasteiger partial charge on any atom is -0.462 e. The number of ether oxygens (including phenoxy) is 1. The summed E-state index contributed by atoms with van der Waals surface area (Å²) in [6.45, 7) is 7.51. The Hall–Kier alpha value is -1.35. The third-order valence-corrected chi connectivity index (χ3v) is 2.53. The summed E-state index contributed by atoms with van der Waals surface area (Å²) in [6, 6.07) is 6.17. The summed E-state index contributed by atoms with van der Waals surface area (Å²) in [7, 11) is 0. The molecule has 1 rings (SSSR count). The summed E-state index contributed by atoms with van der Waals surface area (Å²) in [5.74, 6) is -0.499. The highest BCUT2D eigenvalue weighted by Gasteiger charge is 2.21. The van der Waals surface area contributed by atoms with Crippen LogP contribution >= 0.6 is 11.6 Å². The van der Waals surface area contributed by atoms with Gasteiger partial charge in [-0.15, -0.1) is 0 Å². The van der Waals surface area contributed by atoms with Crippen LogP contribution in [0.1, 0.15) is 25.6 Å².